The largest absolute Gasteiger partial charge is 0.394 e. The Morgan fingerprint density at radius 2 is 2.28 bits per heavy atom. The van der Waals surface area contributed by atoms with Gasteiger partial charge in [0.1, 0.15) is 11.6 Å². The Balaban J connectivity index is 2.24. The van der Waals surface area contributed by atoms with Crippen molar-refractivity contribution >= 4 is 5.82 Å². The molecule has 1 aromatic rings. The number of aliphatic hydroxyl groups excluding tert-OH is 2. The molecule has 0 aromatic carbocycles. The summed E-state index contributed by atoms with van der Waals surface area (Å²) in [7, 11) is 0. The lowest BCUT2D eigenvalue weighted by atomic mass is 10.2. The fourth-order valence-electron chi connectivity index (χ4n) is 2.19. The standard InChI is InChI=1S/C12H17FN2O3/c1-8-4-15(5-11(7-17)18-8)12-9(6-16)2-10(13)3-14-12/h2-3,8,11,16-17H,4-7H2,1H3. The van der Waals surface area contributed by atoms with Crippen molar-refractivity contribution in [2.24, 2.45) is 0 Å². The van der Waals surface area contributed by atoms with E-state index in [4.69, 9.17) is 9.84 Å². The Morgan fingerprint density at radius 3 is 2.94 bits per heavy atom. The van der Waals surface area contributed by atoms with Crippen LogP contribution in [0.25, 0.3) is 0 Å². The van der Waals surface area contributed by atoms with E-state index in [9.17, 15) is 9.50 Å². The van der Waals surface area contributed by atoms with E-state index in [1.165, 1.54) is 6.07 Å². The van der Waals surface area contributed by atoms with E-state index in [-0.39, 0.29) is 25.4 Å². The van der Waals surface area contributed by atoms with Crippen molar-refractivity contribution in [1.82, 2.24) is 4.98 Å². The van der Waals surface area contributed by atoms with Gasteiger partial charge in [0.15, 0.2) is 0 Å². The second-order valence-corrected chi connectivity index (χ2v) is 4.45. The summed E-state index contributed by atoms with van der Waals surface area (Å²) in [5.74, 6) is 0.0790. The number of morpholine rings is 1. The molecule has 2 unspecified atom stereocenters. The van der Waals surface area contributed by atoms with E-state index < -0.39 is 5.82 Å². The zero-order valence-corrected chi connectivity index (χ0v) is 10.2. The van der Waals surface area contributed by atoms with Crippen molar-refractivity contribution in [1.29, 1.82) is 0 Å². The molecule has 2 N–H and O–H groups in total. The average Bonchev–Trinajstić information content (AvgIpc) is 2.37. The monoisotopic (exact) mass is 256 g/mol. The van der Waals surface area contributed by atoms with E-state index in [0.29, 0.717) is 24.5 Å². The van der Waals surface area contributed by atoms with Crippen LogP contribution in [0.5, 0.6) is 0 Å². The number of rotatable bonds is 3. The smallest absolute Gasteiger partial charge is 0.142 e. The molecule has 1 saturated heterocycles. The minimum atomic E-state index is -0.470. The lowest BCUT2D eigenvalue weighted by Crippen LogP contribution is -2.48. The Labute approximate surface area is 105 Å². The van der Waals surface area contributed by atoms with Crippen molar-refractivity contribution in [2.45, 2.75) is 25.7 Å². The Morgan fingerprint density at radius 1 is 1.50 bits per heavy atom. The number of nitrogens with zero attached hydrogens (tertiary/aromatic N) is 2. The maximum Gasteiger partial charge on any atom is 0.142 e. The molecule has 0 saturated carbocycles. The minimum absolute atomic E-state index is 0.0469. The third-order valence-corrected chi connectivity index (χ3v) is 2.91. The summed E-state index contributed by atoms with van der Waals surface area (Å²) in [5, 5.41) is 18.4. The van der Waals surface area contributed by atoms with Crippen LogP contribution in [0.2, 0.25) is 0 Å². The summed E-state index contributed by atoms with van der Waals surface area (Å²) in [6.45, 7) is 2.64. The summed E-state index contributed by atoms with van der Waals surface area (Å²) >= 11 is 0. The third kappa shape index (κ3) is 2.77. The zero-order chi connectivity index (χ0) is 13.1. The Kier molecular flexibility index (Phi) is 4.11. The van der Waals surface area contributed by atoms with Gasteiger partial charge in [-0.2, -0.15) is 0 Å². The molecule has 2 atom stereocenters. The summed E-state index contributed by atoms with van der Waals surface area (Å²) in [6.07, 6.45) is 0.796. The highest BCUT2D eigenvalue weighted by Gasteiger charge is 2.26. The average molecular weight is 256 g/mol. The molecule has 2 heterocycles. The van der Waals surface area contributed by atoms with Gasteiger partial charge in [-0.05, 0) is 13.0 Å². The van der Waals surface area contributed by atoms with Gasteiger partial charge in [0.25, 0.3) is 0 Å². The number of halogens is 1. The number of anilines is 1. The van der Waals surface area contributed by atoms with Crippen molar-refractivity contribution in [2.75, 3.05) is 24.6 Å². The van der Waals surface area contributed by atoms with Gasteiger partial charge >= 0.3 is 0 Å². The molecule has 18 heavy (non-hydrogen) atoms. The van der Waals surface area contributed by atoms with E-state index in [1.807, 2.05) is 11.8 Å². The molecule has 0 aliphatic carbocycles. The van der Waals surface area contributed by atoms with Crippen LogP contribution in [0.3, 0.4) is 0 Å². The fraction of sp³-hybridized carbons (Fsp3) is 0.583. The normalized spacial score (nSPS) is 24.3. The maximum atomic E-state index is 13.1. The molecule has 2 rings (SSSR count). The molecule has 1 aromatic heterocycles. The predicted molar refractivity (Wildman–Crippen MR) is 63.8 cm³/mol. The van der Waals surface area contributed by atoms with Crippen LogP contribution in [0.1, 0.15) is 12.5 Å². The van der Waals surface area contributed by atoms with Gasteiger partial charge in [0.2, 0.25) is 0 Å². The van der Waals surface area contributed by atoms with Crippen LogP contribution < -0.4 is 4.90 Å². The van der Waals surface area contributed by atoms with Gasteiger partial charge in [0.05, 0.1) is 31.6 Å². The van der Waals surface area contributed by atoms with Crippen LogP contribution >= 0.6 is 0 Å². The van der Waals surface area contributed by atoms with Crippen molar-refractivity contribution in [3.63, 3.8) is 0 Å². The number of pyridine rings is 1. The van der Waals surface area contributed by atoms with Gasteiger partial charge in [-0.25, -0.2) is 9.37 Å². The SMILES string of the molecule is CC1CN(c2ncc(F)cc2CO)CC(CO)O1. The van der Waals surface area contributed by atoms with Crippen LogP contribution in [-0.4, -0.2) is 47.1 Å². The van der Waals surface area contributed by atoms with Crippen LogP contribution in [-0.2, 0) is 11.3 Å². The summed E-state index contributed by atoms with van der Waals surface area (Å²) in [4.78, 5) is 5.93. The highest BCUT2D eigenvalue weighted by molar-refractivity contribution is 5.47. The van der Waals surface area contributed by atoms with Gasteiger partial charge in [-0.15, -0.1) is 0 Å². The maximum absolute atomic E-state index is 13.1. The predicted octanol–water partition coefficient (Wildman–Crippen LogP) is 0.299. The number of ether oxygens (including phenoxy) is 1. The summed E-state index contributed by atoms with van der Waals surface area (Å²) < 4.78 is 18.6. The molecular weight excluding hydrogens is 239 g/mol. The van der Waals surface area contributed by atoms with E-state index in [2.05, 4.69) is 4.98 Å². The molecule has 6 heteroatoms. The fourth-order valence-corrected chi connectivity index (χ4v) is 2.19. The zero-order valence-electron chi connectivity index (χ0n) is 10.2. The molecule has 100 valence electrons. The van der Waals surface area contributed by atoms with E-state index in [0.717, 1.165) is 6.20 Å². The molecule has 5 nitrogen and oxygen atoms in total. The molecule has 0 amide bonds. The van der Waals surface area contributed by atoms with Crippen LogP contribution in [0.15, 0.2) is 12.3 Å². The van der Waals surface area contributed by atoms with Gasteiger partial charge in [-0.3, -0.25) is 0 Å². The molecule has 0 bridgehead atoms. The second-order valence-electron chi connectivity index (χ2n) is 4.45. The van der Waals surface area contributed by atoms with Crippen molar-refractivity contribution in [3.05, 3.63) is 23.6 Å². The minimum Gasteiger partial charge on any atom is -0.394 e. The summed E-state index contributed by atoms with van der Waals surface area (Å²) in [5.41, 5.74) is 0.445. The van der Waals surface area contributed by atoms with Crippen LogP contribution in [0, 0.1) is 5.82 Å². The second kappa shape index (κ2) is 5.60. The Bertz CT molecular complexity index is 416. The molecule has 1 aliphatic rings. The number of hydrogen-bond acceptors (Lipinski definition) is 5. The number of aromatic nitrogens is 1. The highest BCUT2D eigenvalue weighted by atomic mass is 19.1. The highest BCUT2D eigenvalue weighted by Crippen LogP contribution is 2.22. The first-order valence-electron chi connectivity index (χ1n) is 5.90. The van der Waals surface area contributed by atoms with E-state index in [1.54, 1.807) is 0 Å². The van der Waals surface area contributed by atoms with Gasteiger partial charge in [-0.1, -0.05) is 0 Å². The number of hydrogen-bond donors (Lipinski definition) is 2. The van der Waals surface area contributed by atoms with Crippen LogP contribution in [0.4, 0.5) is 10.2 Å². The van der Waals surface area contributed by atoms with Crippen molar-refractivity contribution < 1.29 is 19.3 Å². The molecule has 1 fully saturated rings. The third-order valence-electron chi connectivity index (χ3n) is 2.91. The lowest BCUT2D eigenvalue weighted by molar-refractivity contribution is -0.0423. The first-order valence-corrected chi connectivity index (χ1v) is 5.90. The molecule has 0 radical (unpaired) electrons. The molecular formula is C12H17FN2O3. The summed E-state index contributed by atoms with van der Waals surface area (Å²) in [6, 6.07) is 1.27. The number of aliphatic hydroxyl groups is 2. The quantitative estimate of drug-likeness (QED) is 0.814. The topological polar surface area (TPSA) is 65.8 Å². The lowest BCUT2D eigenvalue weighted by Gasteiger charge is -2.37. The van der Waals surface area contributed by atoms with E-state index >= 15 is 0 Å². The van der Waals surface area contributed by atoms with Gasteiger partial charge < -0.3 is 19.8 Å². The van der Waals surface area contributed by atoms with Gasteiger partial charge in [0, 0.05) is 18.7 Å². The first kappa shape index (κ1) is 13.2. The van der Waals surface area contributed by atoms with Crippen molar-refractivity contribution in [3.8, 4) is 0 Å². The molecule has 1 aliphatic heterocycles. The molecule has 0 spiro atoms. The Hall–Kier alpha value is -1.24. The first-order chi connectivity index (χ1) is 8.63.